The number of hydrogen-bond acceptors (Lipinski definition) is 5. The number of amides is 1. The molecular formula is C16H16ClN3O4. The quantitative estimate of drug-likeness (QED) is 0.825. The van der Waals surface area contributed by atoms with Crippen LogP contribution in [0.15, 0.2) is 41.2 Å². The predicted molar refractivity (Wildman–Crippen MR) is 87.8 cm³/mol. The highest BCUT2D eigenvalue weighted by Gasteiger charge is 2.20. The van der Waals surface area contributed by atoms with E-state index in [1.54, 1.807) is 24.3 Å². The molecule has 0 saturated heterocycles. The van der Waals surface area contributed by atoms with Crippen LogP contribution in [0.4, 0.5) is 0 Å². The van der Waals surface area contributed by atoms with Crippen molar-refractivity contribution < 1.29 is 14.3 Å². The molecular weight excluding hydrogens is 334 g/mol. The second-order valence-electron chi connectivity index (χ2n) is 5.04. The van der Waals surface area contributed by atoms with E-state index in [1.165, 1.54) is 26.3 Å². The van der Waals surface area contributed by atoms with Gasteiger partial charge in [-0.1, -0.05) is 23.7 Å². The number of nitrogens with one attached hydrogen (secondary N) is 1. The lowest BCUT2D eigenvalue weighted by atomic mass is 10.0. The van der Waals surface area contributed by atoms with E-state index in [1.807, 2.05) is 0 Å². The Morgan fingerprint density at radius 3 is 2.50 bits per heavy atom. The predicted octanol–water partition coefficient (Wildman–Crippen LogP) is 1.47. The third kappa shape index (κ3) is 4.42. The molecule has 1 heterocycles. The normalized spacial score (nSPS) is 11.6. The fourth-order valence-electron chi connectivity index (χ4n) is 2.05. The number of hydrogen-bond donors (Lipinski definition) is 1. The van der Waals surface area contributed by atoms with Gasteiger partial charge in [0, 0.05) is 18.1 Å². The first kappa shape index (κ1) is 17.7. The molecule has 0 bridgehead atoms. The average molecular weight is 350 g/mol. The van der Waals surface area contributed by atoms with E-state index < -0.39 is 17.9 Å². The average Bonchev–Trinajstić information content (AvgIpc) is 2.57. The monoisotopic (exact) mass is 349 g/mol. The molecule has 1 amide bonds. The minimum Gasteiger partial charge on any atom is -0.469 e. The van der Waals surface area contributed by atoms with E-state index in [9.17, 15) is 14.4 Å². The largest absolute Gasteiger partial charge is 0.469 e. The number of carbonyl (C=O) groups is 2. The van der Waals surface area contributed by atoms with Gasteiger partial charge < -0.3 is 10.1 Å². The number of methoxy groups -OCH3 is 1. The van der Waals surface area contributed by atoms with Gasteiger partial charge in [-0.15, -0.1) is 0 Å². The Balaban J connectivity index is 2.24. The molecule has 0 unspecified atom stereocenters. The minimum atomic E-state index is -0.610. The van der Waals surface area contributed by atoms with E-state index in [4.69, 9.17) is 11.6 Å². The van der Waals surface area contributed by atoms with Crippen molar-refractivity contribution >= 4 is 23.5 Å². The Morgan fingerprint density at radius 1 is 1.25 bits per heavy atom. The summed E-state index contributed by atoms with van der Waals surface area (Å²) in [6, 6.07) is 8.72. The maximum Gasteiger partial charge on any atom is 0.307 e. The third-order valence-electron chi connectivity index (χ3n) is 3.37. The SMILES string of the molecule is COC(=O)C[C@H](NC(=O)c1ccc(=O)n(C)n1)c1ccc(Cl)cc1. The van der Waals surface area contributed by atoms with Crippen molar-refractivity contribution in [3.63, 3.8) is 0 Å². The molecule has 0 saturated carbocycles. The van der Waals surface area contributed by atoms with Gasteiger partial charge in [-0.25, -0.2) is 4.68 Å². The van der Waals surface area contributed by atoms with E-state index in [0.29, 0.717) is 10.6 Å². The third-order valence-corrected chi connectivity index (χ3v) is 3.62. The summed E-state index contributed by atoms with van der Waals surface area (Å²) in [6.45, 7) is 0. The number of aryl methyl sites for hydroxylation is 1. The first-order valence-electron chi connectivity index (χ1n) is 7.08. The molecule has 0 spiro atoms. The summed E-state index contributed by atoms with van der Waals surface area (Å²) in [5.41, 5.74) is 0.444. The molecule has 0 radical (unpaired) electrons. The van der Waals surface area contributed by atoms with Crippen LogP contribution in [0.5, 0.6) is 0 Å². The summed E-state index contributed by atoms with van der Waals surface area (Å²) in [5, 5.41) is 7.15. The lowest BCUT2D eigenvalue weighted by Gasteiger charge is -2.18. The van der Waals surface area contributed by atoms with Gasteiger partial charge in [-0.2, -0.15) is 5.10 Å². The summed E-state index contributed by atoms with van der Waals surface area (Å²) >= 11 is 5.86. The van der Waals surface area contributed by atoms with Crippen LogP contribution in [0.2, 0.25) is 5.02 Å². The summed E-state index contributed by atoms with van der Waals surface area (Å²) in [4.78, 5) is 35.3. The van der Waals surface area contributed by atoms with Gasteiger partial charge >= 0.3 is 5.97 Å². The topological polar surface area (TPSA) is 90.3 Å². The van der Waals surface area contributed by atoms with Crippen LogP contribution in [0.3, 0.4) is 0 Å². The van der Waals surface area contributed by atoms with E-state index >= 15 is 0 Å². The zero-order valence-electron chi connectivity index (χ0n) is 13.2. The molecule has 2 aromatic rings. The highest BCUT2D eigenvalue weighted by Crippen LogP contribution is 2.20. The van der Waals surface area contributed by atoms with E-state index in [2.05, 4.69) is 15.2 Å². The van der Waals surface area contributed by atoms with Crippen molar-refractivity contribution in [1.29, 1.82) is 0 Å². The standard InChI is InChI=1S/C16H16ClN3O4/c1-20-14(21)8-7-12(19-20)16(23)18-13(9-15(22)24-2)10-3-5-11(17)6-4-10/h3-8,13H,9H2,1-2H3,(H,18,23)/t13-/m0/s1. The fraction of sp³-hybridized carbons (Fsp3) is 0.250. The molecule has 1 N–H and O–H groups in total. The molecule has 1 aromatic heterocycles. The molecule has 0 aliphatic rings. The molecule has 0 aliphatic heterocycles. The van der Waals surface area contributed by atoms with Gasteiger partial charge in [0.05, 0.1) is 19.6 Å². The molecule has 1 atom stereocenters. The molecule has 0 aliphatic carbocycles. The summed E-state index contributed by atoms with van der Waals surface area (Å²) < 4.78 is 5.73. The zero-order chi connectivity index (χ0) is 17.7. The smallest absolute Gasteiger partial charge is 0.307 e. The van der Waals surface area contributed by atoms with Crippen molar-refractivity contribution in [2.75, 3.05) is 7.11 Å². The van der Waals surface area contributed by atoms with E-state index in [-0.39, 0.29) is 17.7 Å². The van der Waals surface area contributed by atoms with E-state index in [0.717, 1.165) is 4.68 Å². The maximum absolute atomic E-state index is 12.4. The highest BCUT2D eigenvalue weighted by atomic mass is 35.5. The van der Waals surface area contributed by atoms with Gasteiger partial charge in [0.15, 0.2) is 0 Å². The first-order valence-corrected chi connectivity index (χ1v) is 7.46. The van der Waals surface area contributed by atoms with Crippen molar-refractivity contribution in [1.82, 2.24) is 15.1 Å². The lowest BCUT2D eigenvalue weighted by Crippen LogP contribution is -2.32. The van der Waals surface area contributed by atoms with Gasteiger partial charge in [0.25, 0.3) is 11.5 Å². The number of benzene rings is 1. The van der Waals surface area contributed by atoms with Crippen LogP contribution in [-0.4, -0.2) is 28.8 Å². The summed E-state index contributed by atoms with van der Waals surface area (Å²) in [6.07, 6.45) is -0.0460. The van der Waals surface area contributed by atoms with Crippen molar-refractivity contribution in [3.05, 3.63) is 63.0 Å². The Kier molecular flexibility index (Phi) is 5.70. The maximum atomic E-state index is 12.4. The second-order valence-corrected chi connectivity index (χ2v) is 5.47. The van der Waals surface area contributed by atoms with Crippen LogP contribution in [0.1, 0.15) is 28.5 Å². The molecule has 7 nitrogen and oxygen atoms in total. The van der Waals surface area contributed by atoms with Crippen molar-refractivity contribution in [2.24, 2.45) is 7.05 Å². The lowest BCUT2D eigenvalue weighted by molar-refractivity contribution is -0.141. The first-order chi connectivity index (χ1) is 11.4. The molecule has 126 valence electrons. The Bertz CT molecular complexity index is 802. The van der Waals surface area contributed by atoms with Gasteiger partial charge in [0.2, 0.25) is 0 Å². The zero-order valence-corrected chi connectivity index (χ0v) is 13.9. The summed E-state index contributed by atoms with van der Waals surface area (Å²) in [7, 11) is 2.72. The Morgan fingerprint density at radius 2 is 1.92 bits per heavy atom. The number of halogens is 1. The number of nitrogens with zero attached hydrogens (tertiary/aromatic N) is 2. The molecule has 24 heavy (non-hydrogen) atoms. The molecule has 2 rings (SSSR count). The van der Waals surface area contributed by atoms with Crippen molar-refractivity contribution in [2.45, 2.75) is 12.5 Å². The molecule has 1 aromatic carbocycles. The number of esters is 1. The molecule has 8 heteroatoms. The number of aromatic nitrogens is 2. The second kappa shape index (κ2) is 7.74. The van der Waals surface area contributed by atoms with Gasteiger partial charge in [-0.3, -0.25) is 14.4 Å². The minimum absolute atomic E-state index is 0.0460. The van der Waals surface area contributed by atoms with Crippen molar-refractivity contribution in [3.8, 4) is 0 Å². The van der Waals surface area contributed by atoms with Crippen LogP contribution in [0, 0.1) is 0 Å². The van der Waals surface area contributed by atoms with Gasteiger partial charge in [0.1, 0.15) is 5.69 Å². The number of rotatable bonds is 5. The summed E-state index contributed by atoms with van der Waals surface area (Å²) in [5.74, 6) is -0.974. The Hall–Kier alpha value is -2.67. The van der Waals surface area contributed by atoms with Crippen LogP contribution >= 0.6 is 11.6 Å². The number of ether oxygens (including phenoxy) is 1. The van der Waals surface area contributed by atoms with Crippen LogP contribution < -0.4 is 10.9 Å². The highest BCUT2D eigenvalue weighted by molar-refractivity contribution is 6.30. The van der Waals surface area contributed by atoms with Crippen LogP contribution in [0.25, 0.3) is 0 Å². The van der Waals surface area contributed by atoms with Gasteiger partial charge in [-0.05, 0) is 23.8 Å². The Labute approximate surface area is 143 Å². The fourth-order valence-corrected chi connectivity index (χ4v) is 2.18. The van der Waals surface area contributed by atoms with Crippen LogP contribution in [-0.2, 0) is 16.6 Å². The number of carbonyl (C=O) groups excluding carboxylic acids is 2. The molecule has 0 fully saturated rings.